The highest BCUT2D eigenvalue weighted by atomic mass is 16.6. The maximum absolute atomic E-state index is 12.2. The molecule has 0 atom stereocenters. The molecule has 142 valence electrons. The van der Waals surface area contributed by atoms with Crippen molar-refractivity contribution in [3.63, 3.8) is 0 Å². The van der Waals surface area contributed by atoms with Crippen LogP contribution in [-0.4, -0.2) is 30.1 Å². The van der Waals surface area contributed by atoms with Crippen molar-refractivity contribution in [2.75, 3.05) is 18.0 Å². The molecule has 0 aliphatic carbocycles. The molecule has 0 aliphatic rings. The number of nitrogens with zero attached hydrogens (tertiary/aromatic N) is 3. The lowest BCUT2D eigenvalue weighted by molar-refractivity contribution is -0.385. The van der Waals surface area contributed by atoms with E-state index in [2.05, 4.69) is 29.3 Å². The molecule has 0 fully saturated rings. The molecule has 2 rings (SSSR count). The molecular formula is C20H24N4O3. The van der Waals surface area contributed by atoms with Gasteiger partial charge in [-0.1, -0.05) is 19.1 Å². The second kappa shape index (κ2) is 9.47. The molecule has 0 heterocycles. The predicted molar refractivity (Wildman–Crippen MR) is 108 cm³/mol. The highest BCUT2D eigenvalue weighted by Crippen LogP contribution is 2.20. The minimum atomic E-state index is -0.411. The minimum Gasteiger partial charge on any atom is -0.372 e. The average Bonchev–Trinajstić information content (AvgIpc) is 2.69. The molecule has 0 unspecified atom stereocenters. The zero-order valence-electron chi connectivity index (χ0n) is 15.8. The zero-order valence-corrected chi connectivity index (χ0v) is 15.8. The van der Waals surface area contributed by atoms with Crippen molar-refractivity contribution in [2.45, 2.75) is 27.2 Å². The number of carbonyl (C=O) groups excluding carboxylic acids is 1. The normalized spacial score (nSPS) is 10.8. The molecular weight excluding hydrogens is 344 g/mol. The number of nitrogens with one attached hydrogen (secondary N) is 1. The molecule has 27 heavy (non-hydrogen) atoms. The number of hydrazone groups is 1. The second-order valence-corrected chi connectivity index (χ2v) is 5.92. The van der Waals surface area contributed by atoms with Crippen molar-refractivity contribution < 1.29 is 9.72 Å². The summed E-state index contributed by atoms with van der Waals surface area (Å²) < 4.78 is 0. The molecule has 0 aliphatic heterocycles. The summed E-state index contributed by atoms with van der Waals surface area (Å²) in [5.41, 5.74) is 5.27. The molecule has 2 aromatic carbocycles. The number of rotatable bonds is 8. The summed E-state index contributed by atoms with van der Waals surface area (Å²) >= 11 is 0. The van der Waals surface area contributed by atoms with E-state index in [9.17, 15) is 14.9 Å². The highest BCUT2D eigenvalue weighted by Gasteiger charge is 2.12. The first-order chi connectivity index (χ1) is 13.0. The lowest BCUT2D eigenvalue weighted by Crippen LogP contribution is -2.22. The fourth-order valence-corrected chi connectivity index (χ4v) is 2.77. The Labute approximate surface area is 158 Å². The van der Waals surface area contributed by atoms with E-state index in [0.717, 1.165) is 18.8 Å². The van der Waals surface area contributed by atoms with Crippen molar-refractivity contribution in [1.29, 1.82) is 0 Å². The SMILES string of the molecule is CCc1ccc(/C=N\NC(=O)c2ccc(N(CC)CC)cc2)cc1[N+](=O)[O-]. The van der Waals surface area contributed by atoms with Crippen molar-refractivity contribution >= 4 is 23.5 Å². The van der Waals surface area contributed by atoms with Gasteiger partial charge in [0, 0.05) is 41.5 Å². The fourth-order valence-electron chi connectivity index (χ4n) is 2.77. The molecule has 0 bridgehead atoms. The Hall–Kier alpha value is -3.22. The van der Waals surface area contributed by atoms with E-state index in [1.165, 1.54) is 12.3 Å². The standard InChI is InChI=1S/C20H24N4O3/c1-4-16-8-7-15(13-19(16)24(26)27)14-21-22-20(25)17-9-11-18(12-10-17)23(5-2)6-3/h7-14H,4-6H2,1-3H3,(H,22,25)/b21-14-. The smallest absolute Gasteiger partial charge is 0.273 e. The monoisotopic (exact) mass is 368 g/mol. The molecule has 0 aromatic heterocycles. The van der Waals surface area contributed by atoms with Crippen LogP contribution in [0.25, 0.3) is 0 Å². The van der Waals surface area contributed by atoms with Crippen LogP contribution in [0.15, 0.2) is 47.6 Å². The van der Waals surface area contributed by atoms with Gasteiger partial charge in [0.15, 0.2) is 0 Å². The van der Waals surface area contributed by atoms with Crippen molar-refractivity contribution in [3.05, 3.63) is 69.3 Å². The van der Waals surface area contributed by atoms with Crippen LogP contribution in [0.3, 0.4) is 0 Å². The fraction of sp³-hybridized carbons (Fsp3) is 0.300. The Morgan fingerprint density at radius 3 is 2.37 bits per heavy atom. The first-order valence-corrected chi connectivity index (χ1v) is 8.95. The van der Waals surface area contributed by atoms with Crippen molar-refractivity contribution in [1.82, 2.24) is 5.43 Å². The molecule has 1 amide bonds. The Morgan fingerprint density at radius 2 is 1.81 bits per heavy atom. The number of carbonyl (C=O) groups is 1. The van der Waals surface area contributed by atoms with Crippen LogP contribution in [0, 0.1) is 10.1 Å². The number of anilines is 1. The third kappa shape index (κ3) is 5.13. The van der Waals surface area contributed by atoms with Gasteiger partial charge in [0.05, 0.1) is 11.1 Å². The van der Waals surface area contributed by atoms with Crippen LogP contribution in [0.1, 0.15) is 42.3 Å². The van der Waals surface area contributed by atoms with E-state index in [1.807, 2.05) is 19.1 Å². The number of benzene rings is 2. The van der Waals surface area contributed by atoms with Crippen LogP contribution in [-0.2, 0) is 6.42 Å². The van der Waals surface area contributed by atoms with E-state index >= 15 is 0 Å². The molecule has 0 saturated carbocycles. The molecule has 0 spiro atoms. The van der Waals surface area contributed by atoms with Crippen LogP contribution in [0.4, 0.5) is 11.4 Å². The summed E-state index contributed by atoms with van der Waals surface area (Å²) in [6, 6.07) is 12.2. The quantitative estimate of drug-likeness (QED) is 0.436. The van der Waals surface area contributed by atoms with Crippen LogP contribution >= 0.6 is 0 Å². The Bertz CT molecular complexity index is 828. The molecule has 0 saturated heterocycles. The van der Waals surface area contributed by atoms with Gasteiger partial charge in [-0.05, 0) is 44.5 Å². The van der Waals surface area contributed by atoms with E-state index < -0.39 is 4.92 Å². The highest BCUT2D eigenvalue weighted by molar-refractivity contribution is 5.95. The summed E-state index contributed by atoms with van der Waals surface area (Å²) in [6.07, 6.45) is 1.97. The Kier molecular flexibility index (Phi) is 7.05. The number of hydrogen-bond acceptors (Lipinski definition) is 5. The lowest BCUT2D eigenvalue weighted by Gasteiger charge is -2.20. The molecule has 7 nitrogen and oxygen atoms in total. The third-order valence-electron chi connectivity index (χ3n) is 4.32. The number of nitro groups is 1. The average molecular weight is 368 g/mol. The van der Waals surface area contributed by atoms with Crippen molar-refractivity contribution in [3.8, 4) is 0 Å². The third-order valence-corrected chi connectivity index (χ3v) is 4.32. The second-order valence-electron chi connectivity index (χ2n) is 5.92. The predicted octanol–water partition coefficient (Wildman–Crippen LogP) is 3.77. The summed E-state index contributed by atoms with van der Waals surface area (Å²) in [4.78, 5) is 25.1. The largest absolute Gasteiger partial charge is 0.372 e. The van der Waals surface area contributed by atoms with Crippen LogP contribution in [0.2, 0.25) is 0 Å². The molecule has 7 heteroatoms. The maximum atomic E-state index is 12.2. The van der Waals surface area contributed by atoms with Gasteiger partial charge < -0.3 is 4.90 Å². The zero-order chi connectivity index (χ0) is 19.8. The summed E-state index contributed by atoms with van der Waals surface area (Å²) in [7, 11) is 0. The van der Waals surface area contributed by atoms with Gasteiger partial charge in [-0.25, -0.2) is 5.43 Å². The van der Waals surface area contributed by atoms with Gasteiger partial charge in [-0.3, -0.25) is 14.9 Å². The van der Waals surface area contributed by atoms with E-state index in [1.54, 1.807) is 24.3 Å². The lowest BCUT2D eigenvalue weighted by atomic mass is 10.1. The first-order valence-electron chi connectivity index (χ1n) is 8.95. The molecule has 2 aromatic rings. The number of aryl methyl sites for hydroxylation is 1. The van der Waals surface area contributed by atoms with Gasteiger partial charge in [-0.15, -0.1) is 0 Å². The number of nitro benzene ring substituents is 1. The van der Waals surface area contributed by atoms with Gasteiger partial charge in [-0.2, -0.15) is 5.10 Å². The summed E-state index contributed by atoms with van der Waals surface area (Å²) in [6.45, 7) is 7.82. The minimum absolute atomic E-state index is 0.0553. The van der Waals surface area contributed by atoms with Gasteiger partial charge in [0.2, 0.25) is 0 Å². The summed E-state index contributed by atoms with van der Waals surface area (Å²) in [5, 5.41) is 15.0. The Balaban J connectivity index is 2.04. The first kappa shape index (κ1) is 20.1. The number of hydrogen-bond donors (Lipinski definition) is 1. The summed E-state index contributed by atoms with van der Waals surface area (Å²) in [5.74, 6) is -0.336. The number of amides is 1. The maximum Gasteiger partial charge on any atom is 0.273 e. The van der Waals surface area contributed by atoms with Gasteiger partial charge >= 0.3 is 0 Å². The molecule has 0 radical (unpaired) electrons. The van der Waals surface area contributed by atoms with E-state index in [0.29, 0.717) is 23.1 Å². The van der Waals surface area contributed by atoms with Crippen LogP contribution < -0.4 is 10.3 Å². The van der Waals surface area contributed by atoms with Gasteiger partial charge in [0.1, 0.15) is 0 Å². The topological polar surface area (TPSA) is 87.8 Å². The molecule has 1 N–H and O–H groups in total. The van der Waals surface area contributed by atoms with E-state index in [-0.39, 0.29) is 11.6 Å². The van der Waals surface area contributed by atoms with Crippen molar-refractivity contribution in [2.24, 2.45) is 5.10 Å². The Morgan fingerprint density at radius 1 is 1.15 bits per heavy atom. The van der Waals surface area contributed by atoms with Crippen LogP contribution in [0.5, 0.6) is 0 Å². The van der Waals surface area contributed by atoms with Gasteiger partial charge in [0.25, 0.3) is 11.6 Å². The van der Waals surface area contributed by atoms with E-state index in [4.69, 9.17) is 0 Å².